The Hall–Kier alpha value is -3.72. The molecule has 9 heteroatoms. The topological polar surface area (TPSA) is 137 Å². The molecule has 0 saturated heterocycles. The summed E-state index contributed by atoms with van der Waals surface area (Å²) in [5, 5.41) is 5.09. The molecular formula is C29H39N3O6. The molecule has 0 aliphatic carbocycles. The summed E-state index contributed by atoms with van der Waals surface area (Å²) in [6.07, 6.45) is 0.325. The summed E-state index contributed by atoms with van der Waals surface area (Å²) in [6, 6.07) is 14.5. The largest absolute Gasteiger partial charge is 0.464 e. The number of hydrogen-bond acceptors (Lipinski definition) is 7. The maximum atomic E-state index is 12.9. The van der Waals surface area contributed by atoms with Gasteiger partial charge in [0.05, 0.1) is 13.2 Å². The minimum atomic E-state index is -1.66. The molecule has 0 unspecified atom stereocenters. The van der Waals surface area contributed by atoms with E-state index in [9.17, 15) is 19.2 Å². The lowest BCUT2D eigenvalue weighted by Gasteiger charge is -2.22. The number of esters is 2. The predicted octanol–water partition coefficient (Wildman–Crippen LogP) is 2.17. The SMILES string of the molecule is CC(C)COC(=O)[C@H](Cc1ccccc1)NC(=O)C(N)C(=O)N[C@@H](Cc1ccccc1)C(=O)OCC(C)C. The van der Waals surface area contributed by atoms with Crippen LogP contribution in [-0.4, -0.2) is 55.1 Å². The van der Waals surface area contributed by atoms with E-state index < -0.39 is 41.9 Å². The molecule has 0 aliphatic rings. The second kappa shape index (κ2) is 15.5. The van der Waals surface area contributed by atoms with Gasteiger partial charge in [-0.3, -0.25) is 9.59 Å². The third kappa shape index (κ3) is 10.7. The molecule has 2 atom stereocenters. The average Bonchev–Trinajstić information content (AvgIpc) is 2.90. The highest BCUT2D eigenvalue weighted by Crippen LogP contribution is 2.08. The lowest BCUT2D eigenvalue weighted by Crippen LogP contribution is -2.58. The number of amides is 2. The number of rotatable bonds is 14. The molecule has 2 rings (SSSR count). The highest BCUT2D eigenvalue weighted by Gasteiger charge is 2.32. The minimum absolute atomic E-state index is 0.108. The number of nitrogens with one attached hydrogen (secondary N) is 2. The van der Waals surface area contributed by atoms with Gasteiger partial charge in [-0.15, -0.1) is 0 Å². The second-order valence-electron chi connectivity index (χ2n) is 10.0. The number of carbonyl (C=O) groups is 4. The third-order valence-electron chi connectivity index (χ3n) is 5.45. The summed E-state index contributed by atoms with van der Waals surface area (Å²) in [7, 11) is 0. The second-order valence-corrected chi connectivity index (χ2v) is 10.0. The fourth-order valence-electron chi connectivity index (χ4n) is 3.43. The van der Waals surface area contributed by atoms with Gasteiger partial charge in [0.2, 0.25) is 11.8 Å². The van der Waals surface area contributed by atoms with E-state index in [1.54, 1.807) is 0 Å². The Labute approximate surface area is 224 Å². The average molecular weight is 526 g/mol. The first-order valence-corrected chi connectivity index (χ1v) is 12.8. The Balaban J connectivity index is 2.11. The molecule has 38 heavy (non-hydrogen) atoms. The van der Waals surface area contributed by atoms with E-state index >= 15 is 0 Å². The highest BCUT2D eigenvalue weighted by molar-refractivity contribution is 6.06. The van der Waals surface area contributed by atoms with Crippen LogP contribution in [0.5, 0.6) is 0 Å². The molecule has 206 valence electrons. The molecule has 0 bridgehead atoms. The van der Waals surface area contributed by atoms with Crippen LogP contribution in [-0.2, 0) is 41.5 Å². The van der Waals surface area contributed by atoms with E-state index in [2.05, 4.69) is 10.6 Å². The van der Waals surface area contributed by atoms with Gasteiger partial charge in [-0.1, -0.05) is 88.4 Å². The lowest BCUT2D eigenvalue weighted by atomic mass is 10.0. The van der Waals surface area contributed by atoms with Gasteiger partial charge in [0.25, 0.3) is 0 Å². The van der Waals surface area contributed by atoms with Gasteiger partial charge in [0.1, 0.15) is 12.1 Å². The lowest BCUT2D eigenvalue weighted by molar-refractivity contribution is -0.150. The maximum absolute atomic E-state index is 12.9. The molecule has 0 heterocycles. The number of benzene rings is 2. The molecular weight excluding hydrogens is 486 g/mol. The van der Waals surface area contributed by atoms with Crippen molar-refractivity contribution in [3.63, 3.8) is 0 Å². The van der Waals surface area contributed by atoms with Crippen molar-refractivity contribution in [2.24, 2.45) is 17.6 Å². The standard InChI is InChI=1S/C29H39N3O6/c1-19(2)17-37-28(35)23(15-21-11-7-5-8-12-21)31-26(33)25(30)27(34)32-24(29(36)38-18-20(3)4)16-22-13-9-6-10-14-22/h5-14,19-20,23-25H,15-18,30H2,1-4H3,(H,31,33)(H,32,34)/t23-,24-/m0/s1. The smallest absolute Gasteiger partial charge is 0.328 e. The Kier molecular flexibility index (Phi) is 12.5. The van der Waals surface area contributed by atoms with Crippen molar-refractivity contribution >= 4 is 23.8 Å². The van der Waals surface area contributed by atoms with Gasteiger partial charge < -0.3 is 25.8 Å². The maximum Gasteiger partial charge on any atom is 0.328 e. The van der Waals surface area contributed by atoms with Crippen LogP contribution in [0.15, 0.2) is 60.7 Å². The Morgan fingerprint density at radius 2 is 1.00 bits per heavy atom. The van der Waals surface area contributed by atoms with Crippen LogP contribution >= 0.6 is 0 Å². The first-order chi connectivity index (χ1) is 18.1. The van der Waals surface area contributed by atoms with Gasteiger partial charge in [-0.2, -0.15) is 0 Å². The molecule has 2 aromatic rings. The number of carbonyl (C=O) groups excluding carboxylic acids is 4. The quantitative estimate of drug-likeness (QED) is 0.254. The van der Waals surface area contributed by atoms with Gasteiger partial charge in [-0.05, 0) is 23.0 Å². The van der Waals surface area contributed by atoms with Gasteiger partial charge in [-0.25, -0.2) is 9.59 Å². The summed E-state index contributed by atoms with van der Waals surface area (Å²) < 4.78 is 10.7. The van der Waals surface area contributed by atoms with Crippen LogP contribution in [0.3, 0.4) is 0 Å². The van der Waals surface area contributed by atoms with Crippen LogP contribution in [0.2, 0.25) is 0 Å². The van der Waals surface area contributed by atoms with Crippen molar-refractivity contribution in [2.75, 3.05) is 13.2 Å². The van der Waals surface area contributed by atoms with Crippen molar-refractivity contribution in [1.29, 1.82) is 0 Å². The zero-order valence-electron chi connectivity index (χ0n) is 22.5. The first-order valence-electron chi connectivity index (χ1n) is 12.8. The van der Waals surface area contributed by atoms with Crippen LogP contribution in [0.4, 0.5) is 0 Å². The summed E-state index contributed by atoms with van der Waals surface area (Å²) in [6.45, 7) is 7.97. The fraction of sp³-hybridized carbons (Fsp3) is 0.448. The Morgan fingerprint density at radius 1 is 0.658 bits per heavy atom. The molecule has 0 fully saturated rings. The van der Waals surface area contributed by atoms with Gasteiger partial charge in [0.15, 0.2) is 6.04 Å². The predicted molar refractivity (Wildman–Crippen MR) is 144 cm³/mol. The fourth-order valence-corrected chi connectivity index (χ4v) is 3.43. The number of hydrogen-bond donors (Lipinski definition) is 3. The normalized spacial score (nSPS) is 12.6. The summed E-state index contributed by atoms with van der Waals surface area (Å²) >= 11 is 0. The van der Waals surface area contributed by atoms with E-state index in [0.29, 0.717) is 0 Å². The minimum Gasteiger partial charge on any atom is -0.464 e. The number of ether oxygens (including phenoxy) is 2. The molecule has 0 aliphatic heterocycles. The monoisotopic (exact) mass is 525 g/mol. The molecule has 2 aromatic carbocycles. The molecule has 9 nitrogen and oxygen atoms in total. The highest BCUT2D eigenvalue weighted by atomic mass is 16.5. The zero-order chi connectivity index (χ0) is 28.1. The third-order valence-corrected chi connectivity index (χ3v) is 5.45. The summed E-state index contributed by atoms with van der Waals surface area (Å²) in [5.74, 6) is -2.75. The van der Waals surface area contributed by atoms with Crippen LogP contribution in [0.25, 0.3) is 0 Å². The Morgan fingerprint density at radius 3 is 1.32 bits per heavy atom. The van der Waals surface area contributed by atoms with Crippen LogP contribution in [0, 0.1) is 11.8 Å². The van der Waals surface area contributed by atoms with Crippen molar-refractivity contribution in [1.82, 2.24) is 10.6 Å². The molecule has 2 amide bonds. The van der Waals surface area contributed by atoms with Crippen LogP contribution in [0.1, 0.15) is 38.8 Å². The molecule has 4 N–H and O–H groups in total. The zero-order valence-corrected chi connectivity index (χ0v) is 22.5. The summed E-state index contributed by atoms with van der Waals surface area (Å²) in [5.41, 5.74) is 7.56. The van der Waals surface area contributed by atoms with Gasteiger partial charge >= 0.3 is 11.9 Å². The van der Waals surface area contributed by atoms with E-state index in [0.717, 1.165) is 11.1 Å². The van der Waals surface area contributed by atoms with Crippen molar-refractivity contribution in [3.05, 3.63) is 71.8 Å². The molecule has 0 spiro atoms. The molecule has 0 radical (unpaired) electrons. The summed E-state index contributed by atoms with van der Waals surface area (Å²) in [4.78, 5) is 51.3. The Bertz CT molecular complexity index is 959. The number of nitrogens with two attached hydrogens (primary N) is 1. The molecule has 0 aromatic heterocycles. The first kappa shape index (κ1) is 30.5. The van der Waals surface area contributed by atoms with E-state index in [1.807, 2.05) is 88.4 Å². The van der Waals surface area contributed by atoms with E-state index in [4.69, 9.17) is 15.2 Å². The molecule has 0 saturated carbocycles. The van der Waals surface area contributed by atoms with Crippen molar-refractivity contribution in [2.45, 2.75) is 58.7 Å². The van der Waals surface area contributed by atoms with E-state index in [-0.39, 0.29) is 37.9 Å². The van der Waals surface area contributed by atoms with Crippen LogP contribution < -0.4 is 16.4 Å². The van der Waals surface area contributed by atoms with Crippen molar-refractivity contribution < 1.29 is 28.7 Å². The van der Waals surface area contributed by atoms with Gasteiger partial charge in [0, 0.05) is 12.8 Å². The van der Waals surface area contributed by atoms with E-state index in [1.165, 1.54) is 0 Å². The van der Waals surface area contributed by atoms with Crippen molar-refractivity contribution in [3.8, 4) is 0 Å².